The number of ether oxygens (including phenoxy) is 1. The van der Waals surface area contributed by atoms with E-state index in [1.165, 1.54) is 62.2 Å². The molecule has 116 valence electrons. The van der Waals surface area contributed by atoms with E-state index in [0.29, 0.717) is 18.1 Å². The number of nitrogens with one attached hydrogen (secondary N) is 1. The molecule has 4 nitrogen and oxygen atoms in total. The van der Waals surface area contributed by atoms with Gasteiger partial charge < -0.3 is 14.6 Å². The van der Waals surface area contributed by atoms with Crippen LogP contribution < -0.4 is 5.32 Å². The summed E-state index contributed by atoms with van der Waals surface area (Å²) in [5.41, 5.74) is 2.81. The van der Waals surface area contributed by atoms with E-state index in [1.54, 1.807) is 0 Å². The third-order valence-electron chi connectivity index (χ3n) is 5.72. The Labute approximate surface area is 127 Å². The topological polar surface area (TPSA) is 39.1 Å². The van der Waals surface area contributed by atoms with Gasteiger partial charge in [0.15, 0.2) is 0 Å². The maximum Gasteiger partial charge on any atom is 0.112 e. The quantitative estimate of drug-likeness (QED) is 0.930. The van der Waals surface area contributed by atoms with Crippen LogP contribution in [0.15, 0.2) is 0 Å². The molecule has 2 heterocycles. The van der Waals surface area contributed by atoms with Gasteiger partial charge in [0, 0.05) is 38.2 Å². The summed E-state index contributed by atoms with van der Waals surface area (Å²) < 4.78 is 8.42. The zero-order chi connectivity index (χ0) is 14.2. The van der Waals surface area contributed by atoms with Crippen LogP contribution in [0.25, 0.3) is 0 Å². The van der Waals surface area contributed by atoms with E-state index in [9.17, 15) is 0 Å². The minimum atomic E-state index is 0.387. The number of fused-ring (bicyclic) bond motifs is 1. The van der Waals surface area contributed by atoms with Crippen molar-refractivity contribution in [2.45, 2.75) is 76.0 Å². The largest absolute Gasteiger partial charge is 0.379 e. The van der Waals surface area contributed by atoms with E-state index in [4.69, 9.17) is 9.72 Å². The van der Waals surface area contributed by atoms with E-state index in [0.717, 1.165) is 19.5 Å². The Hall–Kier alpha value is -0.870. The van der Waals surface area contributed by atoms with E-state index < -0.39 is 0 Å². The summed E-state index contributed by atoms with van der Waals surface area (Å²) in [6, 6.07) is 0.528. The molecule has 0 spiro atoms. The van der Waals surface area contributed by atoms with Crippen molar-refractivity contribution in [3.8, 4) is 0 Å². The first kappa shape index (κ1) is 13.8. The van der Waals surface area contributed by atoms with Crippen LogP contribution in [-0.4, -0.2) is 29.3 Å². The molecule has 4 heteroatoms. The SMILES string of the molecule is COC1CCCC1n1c(C2CCCC2)nc2c1CCNC2. The Morgan fingerprint density at radius 2 is 2.00 bits per heavy atom. The fourth-order valence-electron chi connectivity index (χ4n) is 4.67. The maximum absolute atomic E-state index is 5.79. The summed E-state index contributed by atoms with van der Waals surface area (Å²) in [6.45, 7) is 2.04. The van der Waals surface area contributed by atoms with Crippen molar-refractivity contribution in [1.82, 2.24) is 14.9 Å². The van der Waals surface area contributed by atoms with Crippen molar-refractivity contribution < 1.29 is 4.74 Å². The highest BCUT2D eigenvalue weighted by atomic mass is 16.5. The minimum absolute atomic E-state index is 0.387. The Bertz CT molecular complexity index is 504. The predicted molar refractivity (Wildman–Crippen MR) is 82.5 cm³/mol. The van der Waals surface area contributed by atoms with Gasteiger partial charge in [-0.15, -0.1) is 0 Å². The summed E-state index contributed by atoms with van der Waals surface area (Å²) in [4.78, 5) is 5.09. The van der Waals surface area contributed by atoms with E-state index in [1.807, 2.05) is 7.11 Å². The van der Waals surface area contributed by atoms with E-state index >= 15 is 0 Å². The van der Waals surface area contributed by atoms with Crippen LogP contribution in [0, 0.1) is 0 Å². The van der Waals surface area contributed by atoms with Gasteiger partial charge in [0.25, 0.3) is 0 Å². The second-order valence-electron chi connectivity index (χ2n) is 6.91. The minimum Gasteiger partial charge on any atom is -0.379 e. The first-order chi connectivity index (χ1) is 10.4. The highest BCUT2D eigenvalue weighted by molar-refractivity contribution is 5.24. The summed E-state index contributed by atoms with van der Waals surface area (Å²) >= 11 is 0. The Morgan fingerprint density at radius 1 is 1.14 bits per heavy atom. The number of nitrogens with zero attached hydrogens (tertiary/aromatic N) is 2. The van der Waals surface area contributed by atoms with Gasteiger partial charge >= 0.3 is 0 Å². The van der Waals surface area contributed by atoms with Crippen LogP contribution in [-0.2, 0) is 17.7 Å². The molecular formula is C17H27N3O. The highest BCUT2D eigenvalue weighted by Crippen LogP contribution is 2.41. The zero-order valence-electron chi connectivity index (χ0n) is 13.1. The predicted octanol–water partition coefficient (Wildman–Crippen LogP) is 2.93. The number of hydrogen-bond donors (Lipinski definition) is 1. The number of hydrogen-bond acceptors (Lipinski definition) is 3. The van der Waals surface area contributed by atoms with Gasteiger partial charge in [-0.05, 0) is 32.1 Å². The van der Waals surface area contributed by atoms with Crippen LogP contribution in [0.1, 0.15) is 74.1 Å². The van der Waals surface area contributed by atoms with Gasteiger partial charge in [-0.1, -0.05) is 12.8 Å². The smallest absolute Gasteiger partial charge is 0.112 e. The third-order valence-corrected chi connectivity index (χ3v) is 5.72. The number of aromatic nitrogens is 2. The van der Waals surface area contributed by atoms with Crippen LogP contribution >= 0.6 is 0 Å². The molecule has 21 heavy (non-hydrogen) atoms. The number of methoxy groups -OCH3 is 1. The standard InChI is InChI=1S/C17H27N3O/c1-21-16-8-4-7-15(16)20-14-9-10-18-11-13(14)19-17(20)12-5-2-3-6-12/h12,15-16,18H,2-11H2,1H3. The molecule has 2 atom stereocenters. The van der Waals surface area contributed by atoms with Crippen LogP contribution in [0.4, 0.5) is 0 Å². The molecule has 2 saturated carbocycles. The lowest BCUT2D eigenvalue weighted by atomic mass is 10.1. The van der Waals surface area contributed by atoms with E-state index in [-0.39, 0.29) is 0 Å². The lowest BCUT2D eigenvalue weighted by molar-refractivity contribution is 0.0726. The molecular weight excluding hydrogens is 262 g/mol. The van der Waals surface area contributed by atoms with Crippen LogP contribution in [0.2, 0.25) is 0 Å². The number of rotatable bonds is 3. The van der Waals surface area contributed by atoms with Crippen molar-refractivity contribution in [3.63, 3.8) is 0 Å². The molecule has 2 fully saturated rings. The molecule has 1 N–H and O–H groups in total. The van der Waals surface area contributed by atoms with Crippen LogP contribution in [0.3, 0.4) is 0 Å². The van der Waals surface area contributed by atoms with Crippen LogP contribution in [0.5, 0.6) is 0 Å². The Morgan fingerprint density at radius 3 is 2.81 bits per heavy atom. The summed E-state index contributed by atoms with van der Waals surface area (Å²) in [6.07, 6.45) is 10.7. The zero-order valence-corrected chi connectivity index (χ0v) is 13.1. The molecule has 3 aliphatic rings. The molecule has 0 amide bonds. The van der Waals surface area contributed by atoms with Crippen molar-refractivity contribution in [1.29, 1.82) is 0 Å². The summed E-state index contributed by atoms with van der Waals surface area (Å²) in [7, 11) is 1.88. The first-order valence-electron chi connectivity index (χ1n) is 8.72. The van der Waals surface area contributed by atoms with Gasteiger partial charge in [-0.3, -0.25) is 0 Å². The second-order valence-corrected chi connectivity index (χ2v) is 6.91. The lowest BCUT2D eigenvalue weighted by Crippen LogP contribution is -2.29. The van der Waals surface area contributed by atoms with Gasteiger partial charge in [0.05, 0.1) is 17.8 Å². The van der Waals surface area contributed by atoms with Crippen molar-refractivity contribution >= 4 is 0 Å². The van der Waals surface area contributed by atoms with E-state index in [2.05, 4.69) is 9.88 Å². The molecule has 0 radical (unpaired) electrons. The summed E-state index contributed by atoms with van der Waals surface area (Å²) in [5.74, 6) is 2.07. The molecule has 1 aromatic heterocycles. The molecule has 0 aromatic carbocycles. The molecule has 0 saturated heterocycles. The Balaban J connectivity index is 1.76. The molecule has 1 aliphatic heterocycles. The normalized spacial score (nSPS) is 30.0. The van der Waals surface area contributed by atoms with Gasteiger partial charge in [0.2, 0.25) is 0 Å². The third kappa shape index (κ3) is 2.33. The summed E-state index contributed by atoms with van der Waals surface area (Å²) in [5, 5.41) is 3.48. The fourth-order valence-corrected chi connectivity index (χ4v) is 4.67. The molecule has 4 rings (SSSR count). The maximum atomic E-state index is 5.79. The van der Waals surface area contributed by atoms with Gasteiger partial charge in [-0.25, -0.2) is 4.98 Å². The molecule has 2 aliphatic carbocycles. The van der Waals surface area contributed by atoms with Gasteiger partial charge in [-0.2, -0.15) is 0 Å². The van der Waals surface area contributed by atoms with Crippen molar-refractivity contribution in [3.05, 3.63) is 17.2 Å². The van der Waals surface area contributed by atoms with Crippen molar-refractivity contribution in [2.24, 2.45) is 0 Å². The Kier molecular flexibility index (Phi) is 3.76. The monoisotopic (exact) mass is 289 g/mol. The second kappa shape index (κ2) is 5.73. The first-order valence-corrected chi connectivity index (χ1v) is 8.72. The lowest BCUT2D eigenvalue weighted by Gasteiger charge is -2.27. The van der Waals surface area contributed by atoms with Crippen molar-refractivity contribution in [2.75, 3.05) is 13.7 Å². The molecule has 2 unspecified atom stereocenters. The highest BCUT2D eigenvalue weighted by Gasteiger charge is 2.36. The molecule has 1 aromatic rings. The average Bonchev–Trinajstić information content (AvgIpc) is 3.24. The fraction of sp³-hybridized carbons (Fsp3) is 0.824. The number of imidazole rings is 1. The van der Waals surface area contributed by atoms with Gasteiger partial charge in [0.1, 0.15) is 5.82 Å². The average molecular weight is 289 g/mol. The molecule has 0 bridgehead atoms.